The van der Waals surface area contributed by atoms with Crippen LogP contribution in [0.1, 0.15) is 31.0 Å². The number of ether oxygens (including phenoxy) is 1. The van der Waals surface area contributed by atoms with Gasteiger partial charge in [0.2, 0.25) is 0 Å². The van der Waals surface area contributed by atoms with Gasteiger partial charge in [-0.05, 0) is 50.6 Å². The number of nitrogens with zero attached hydrogens (tertiary/aromatic N) is 4. The van der Waals surface area contributed by atoms with Crippen LogP contribution in [-0.4, -0.2) is 50.6 Å². The molecule has 0 radical (unpaired) electrons. The predicted molar refractivity (Wildman–Crippen MR) is 143 cm³/mol. The van der Waals surface area contributed by atoms with Gasteiger partial charge in [-0.2, -0.15) is 0 Å². The summed E-state index contributed by atoms with van der Waals surface area (Å²) in [5, 5.41) is 4.62. The second-order valence-corrected chi connectivity index (χ2v) is 10.0. The highest BCUT2D eigenvalue weighted by Crippen LogP contribution is 2.35. The Morgan fingerprint density at radius 1 is 1.03 bits per heavy atom. The lowest BCUT2D eigenvalue weighted by Crippen LogP contribution is -2.46. The third-order valence-electron chi connectivity index (χ3n) is 7.05. The Morgan fingerprint density at radius 2 is 1.80 bits per heavy atom. The molecular weight excluding hydrogens is 509 g/mol. The Hall–Kier alpha value is -2.04. The topological polar surface area (TPSA) is 81.4 Å². The van der Waals surface area contributed by atoms with Crippen molar-refractivity contribution < 1.29 is 4.74 Å². The lowest BCUT2D eigenvalue weighted by atomic mass is 10.0. The summed E-state index contributed by atoms with van der Waals surface area (Å²) in [4.78, 5) is 33.2. The number of pyridine rings is 3. The zero-order valence-electron chi connectivity index (χ0n) is 19.2. The second kappa shape index (κ2) is 10.9. The van der Waals surface area contributed by atoms with Crippen LogP contribution in [0.4, 0.5) is 0 Å². The zero-order valence-corrected chi connectivity index (χ0v) is 21.7. The SMILES string of the molecule is Cl.Cl.O=c1ccc2ccc(=O)n3c2n1CCC3CN1CCC(NCc2cc3c(cn2)OCS3)CC1. The van der Waals surface area contributed by atoms with Crippen LogP contribution in [0.15, 0.2) is 51.0 Å². The number of hydrogen-bond acceptors (Lipinski definition) is 7. The van der Waals surface area contributed by atoms with E-state index in [1.165, 1.54) is 4.90 Å². The van der Waals surface area contributed by atoms with Crippen LogP contribution in [0, 0.1) is 0 Å². The van der Waals surface area contributed by atoms with Gasteiger partial charge in [0.15, 0.2) is 5.75 Å². The number of piperidine rings is 1. The molecule has 3 aromatic rings. The van der Waals surface area contributed by atoms with Crippen LogP contribution in [-0.2, 0) is 13.1 Å². The minimum atomic E-state index is -0.0313. The van der Waals surface area contributed by atoms with E-state index in [9.17, 15) is 9.59 Å². The van der Waals surface area contributed by atoms with Crippen molar-refractivity contribution >= 4 is 47.6 Å². The van der Waals surface area contributed by atoms with Crippen LogP contribution >= 0.6 is 36.6 Å². The molecule has 8 nitrogen and oxygen atoms in total. The quantitative estimate of drug-likeness (QED) is 0.535. The number of aromatic nitrogens is 3. The van der Waals surface area contributed by atoms with Gasteiger partial charge >= 0.3 is 0 Å². The minimum absolute atomic E-state index is 0. The Morgan fingerprint density at radius 3 is 2.60 bits per heavy atom. The van der Waals surface area contributed by atoms with Gasteiger partial charge in [0.1, 0.15) is 11.6 Å². The van der Waals surface area contributed by atoms with E-state index in [0.717, 1.165) is 67.9 Å². The number of nitrogens with one attached hydrogen (secondary N) is 1. The minimum Gasteiger partial charge on any atom is -0.480 e. The van der Waals surface area contributed by atoms with E-state index in [-0.39, 0.29) is 42.0 Å². The number of thioether (sulfide) groups is 1. The summed E-state index contributed by atoms with van der Waals surface area (Å²) in [6.45, 7) is 4.28. The number of likely N-dealkylation sites (tertiary alicyclic amines) is 1. The smallest absolute Gasteiger partial charge is 0.252 e. The molecule has 6 heterocycles. The van der Waals surface area contributed by atoms with E-state index >= 15 is 0 Å². The lowest BCUT2D eigenvalue weighted by molar-refractivity contribution is 0.164. The summed E-state index contributed by atoms with van der Waals surface area (Å²) in [6, 6.07) is 9.57. The molecule has 3 aliphatic rings. The van der Waals surface area contributed by atoms with Crippen molar-refractivity contribution in [3.63, 3.8) is 0 Å². The van der Waals surface area contributed by atoms with E-state index in [1.54, 1.807) is 28.5 Å². The number of halogens is 2. The van der Waals surface area contributed by atoms with E-state index < -0.39 is 0 Å². The van der Waals surface area contributed by atoms with Crippen molar-refractivity contribution in [2.75, 3.05) is 25.6 Å². The monoisotopic (exact) mass is 537 g/mol. The molecule has 11 heteroatoms. The summed E-state index contributed by atoms with van der Waals surface area (Å²) in [7, 11) is 0. The third-order valence-corrected chi connectivity index (χ3v) is 7.92. The van der Waals surface area contributed by atoms with Gasteiger partial charge < -0.3 is 15.0 Å². The van der Waals surface area contributed by atoms with Gasteiger partial charge in [0, 0.05) is 43.2 Å². The van der Waals surface area contributed by atoms with Crippen molar-refractivity contribution in [2.45, 2.75) is 49.3 Å². The highest BCUT2D eigenvalue weighted by atomic mass is 35.5. The standard InChI is InChI=1S/C24H27N5O3S.2ClH/c30-22-3-1-16-2-4-23(31)29-19(7-10-28(22)24(16)29)14-27-8-5-17(6-9-27)25-12-18-11-21-20(13-26-18)32-15-33-21;;/h1-4,11,13,17,19,25H,5-10,12,14-15H2;2*1H. The normalized spacial score (nSPS) is 19.5. The van der Waals surface area contributed by atoms with Crippen molar-refractivity contribution in [3.8, 4) is 5.75 Å². The molecule has 1 fully saturated rings. The zero-order chi connectivity index (χ0) is 22.4. The molecule has 0 amide bonds. The van der Waals surface area contributed by atoms with Gasteiger partial charge in [-0.3, -0.25) is 23.7 Å². The first-order valence-corrected chi connectivity index (χ1v) is 12.6. The average Bonchev–Trinajstić information content (AvgIpc) is 3.31. The van der Waals surface area contributed by atoms with Crippen LogP contribution in [0.5, 0.6) is 5.75 Å². The molecule has 0 aliphatic carbocycles. The summed E-state index contributed by atoms with van der Waals surface area (Å²) < 4.78 is 9.11. The van der Waals surface area contributed by atoms with Crippen molar-refractivity contribution in [2.24, 2.45) is 0 Å². The van der Waals surface area contributed by atoms with Crippen molar-refractivity contribution in [1.82, 2.24) is 24.3 Å². The number of fused-ring (bicyclic) bond motifs is 1. The summed E-state index contributed by atoms with van der Waals surface area (Å²) in [5.74, 6) is 1.57. The molecule has 35 heavy (non-hydrogen) atoms. The maximum absolute atomic E-state index is 12.8. The first-order valence-electron chi connectivity index (χ1n) is 11.6. The number of hydrogen-bond donors (Lipinski definition) is 1. The first-order chi connectivity index (χ1) is 16.2. The molecule has 1 unspecified atom stereocenters. The Kier molecular flexibility index (Phi) is 8.12. The molecular formula is C24H29Cl2N5O3S. The van der Waals surface area contributed by atoms with E-state index in [0.29, 0.717) is 18.5 Å². The number of rotatable bonds is 5. The maximum atomic E-state index is 12.8. The Balaban J connectivity index is 0.00000144. The van der Waals surface area contributed by atoms with Crippen molar-refractivity contribution in [1.29, 1.82) is 0 Å². The maximum Gasteiger partial charge on any atom is 0.252 e. The Labute approximate surface area is 219 Å². The first kappa shape index (κ1) is 26.0. The van der Waals surface area contributed by atoms with Crippen LogP contribution in [0.25, 0.3) is 11.0 Å². The largest absolute Gasteiger partial charge is 0.480 e. The van der Waals surface area contributed by atoms with Crippen LogP contribution in [0.3, 0.4) is 0 Å². The summed E-state index contributed by atoms with van der Waals surface area (Å²) >= 11 is 1.72. The second-order valence-electron chi connectivity index (χ2n) is 9.07. The highest BCUT2D eigenvalue weighted by molar-refractivity contribution is 7.99. The van der Waals surface area contributed by atoms with E-state index in [1.807, 2.05) is 22.9 Å². The van der Waals surface area contributed by atoms with Crippen molar-refractivity contribution in [3.05, 3.63) is 62.9 Å². The van der Waals surface area contributed by atoms with E-state index in [2.05, 4.69) is 21.3 Å². The molecule has 188 valence electrons. The van der Waals surface area contributed by atoms with Gasteiger partial charge in [-0.1, -0.05) is 11.8 Å². The molecule has 1 saturated heterocycles. The van der Waals surface area contributed by atoms with Gasteiger partial charge in [0.05, 0.1) is 22.8 Å². The third kappa shape index (κ3) is 5.11. The fourth-order valence-electron chi connectivity index (χ4n) is 5.29. The predicted octanol–water partition coefficient (Wildman–Crippen LogP) is 3.04. The van der Waals surface area contributed by atoms with Gasteiger partial charge in [-0.25, -0.2) is 0 Å². The highest BCUT2D eigenvalue weighted by Gasteiger charge is 2.27. The molecule has 1 atom stereocenters. The molecule has 6 rings (SSSR count). The molecule has 0 bridgehead atoms. The Bertz CT molecular complexity index is 1320. The van der Waals surface area contributed by atoms with E-state index in [4.69, 9.17) is 4.74 Å². The van der Waals surface area contributed by atoms with Gasteiger partial charge in [-0.15, -0.1) is 24.8 Å². The molecule has 0 spiro atoms. The number of aryl methyl sites for hydroxylation is 1. The summed E-state index contributed by atoms with van der Waals surface area (Å²) in [5.41, 5.74) is 1.77. The fraction of sp³-hybridized carbons (Fsp3) is 0.458. The molecule has 0 aromatic carbocycles. The van der Waals surface area contributed by atoms with Crippen LogP contribution in [0.2, 0.25) is 0 Å². The fourth-order valence-corrected chi connectivity index (χ4v) is 6.07. The average molecular weight is 539 g/mol. The van der Waals surface area contributed by atoms with Crippen LogP contribution < -0.4 is 21.2 Å². The molecule has 0 saturated carbocycles. The molecule has 3 aromatic heterocycles. The molecule has 1 N–H and O–H groups in total. The lowest BCUT2D eigenvalue weighted by Gasteiger charge is -2.37. The van der Waals surface area contributed by atoms with Gasteiger partial charge in [0.25, 0.3) is 11.1 Å². The summed E-state index contributed by atoms with van der Waals surface area (Å²) in [6.07, 6.45) is 4.78. The molecule has 3 aliphatic heterocycles.